The van der Waals surface area contributed by atoms with Gasteiger partial charge in [0, 0.05) is 107 Å². The number of carbonyl (C=O) groups is 17. The Kier molecular flexibility index (Phi) is 37.9. The number of hydrogen-bond donors (Lipinski definition) is 17. The number of aliphatic carboxylic acids is 2. The van der Waals surface area contributed by atoms with Crippen LogP contribution in [0.4, 0.5) is 0 Å². The lowest BCUT2D eigenvalue weighted by Crippen LogP contribution is -2.62. The van der Waals surface area contributed by atoms with Crippen LogP contribution in [-0.2, 0) is 107 Å². The number of phenols is 1. The van der Waals surface area contributed by atoms with E-state index in [2.05, 4.69) is 52.8 Å². The van der Waals surface area contributed by atoms with Gasteiger partial charge in [0.05, 0.1) is 12.5 Å². The van der Waals surface area contributed by atoms with Crippen LogP contribution in [0.5, 0.6) is 5.75 Å². The zero-order valence-corrected chi connectivity index (χ0v) is 76.3. The SMILES string of the molecule is CCCC[C@H]1C(=O)N(C)[C@@H](CCCC)C(=O)N[C@@H](CC(C)C)C(=O)N[C@H](C(N)=O)CCCC(=O)N[C@@H](Cc2ccc(O)cc2)C(=O)N2CCCC[C@H]2C(=O)N[C@@H](CC(=O)O)C(=O)N2CCC[C@H]2C(=O)N[C@@H](CN)C(=O)N[C@@H](CC(C)C)C(=O)N2C[C@H](O)C[C@H]2C(=O)N[C@@H](Cc2c[nH]c3ccccc23)C(=O)N[C@@H](CCN)C(=O)N[C@@H](Cc2cn(CC(=O)O)c3ccccc23)C(=O)N1C. The zero-order valence-electron chi connectivity index (χ0n) is 76.3. The number of aromatic hydroxyl groups is 1. The van der Waals surface area contributed by atoms with E-state index in [0.717, 1.165) is 14.7 Å². The topological polar surface area (TPSA) is 594 Å². The molecule has 5 aromatic rings. The highest BCUT2D eigenvalue weighted by atomic mass is 16.4. The van der Waals surface area contributed by atoms with Crippen LogP contribution in [0.15, 0.2) is 85.2 Å². The van der Waals surface area contributed by atoms with Gasteiger partial charge in [-0.05, 0) is 136 Å². The Balaban J connectivity index is 1.09. The first kappa shape index (κ1) is 103. The molecule has 0 unspecified atom stereocenters. The van der Waals surface area contributed by atoms with Crippen LogP contribution in [0.25, 0.3) is 21.8 Å². The molecule has 132 heavy (non-hydrogen) atoms. The Morgan fingerprint density at radius 1 is 0.485 bits per heavy atom. The standard InChI is InChI=1S/C92H131N19O21/c1-9-11-25-71-84(124)100-63(39-51(3)4)81(121)98-61(79(95)119)24-19-30-76(114)97-66(41-53-31-33-56(112)34-32-53)89(129)109-37-18-17-28-72(109)85(125)104-68(45-77(115)116)90(130)110-38-20-29-73(110)86(126)105-69(46-94)83(123)102-65(40-52(5)6)91(131)111-49-57(113)44-75(111)87(127)101-64(42-54-47-96-60-23-15-13-21-58(54)60)82(122)99-62(35-36-93)80(120)103-67(88(128)107(8)74(26-12-10-2)92(132)106(71)7)43-55-48-108(50-78(117)118)70-27-16-14-22-59(55)70/h13-16,21-23,27,31-34,47-48,51-52,57,61-69,71-75,96,112-113H,9-12,17-20,24-26,28-30,35-46,49-50,93-94H2,1-8H3,(H2,95,119)(H,97,114)(H,98,121)(H,99,122)(H,100,124)(H,101,127)(H,102,123)(H,103,120)(H,104,125)(H,105,126)(H,115,116)(H,117,118)/t57-,61+,62+,63+,64+,65+,66+,67+,68+,69+,71+,72+,73+,74+,75+/m1/s1. The van der Waals surface area contributed by atoms with Crippen LogP contribution >= 0.6 is 0 Å². The lowest BCUT2D eigenvalue weighted by atomic mass is 9.97. The highest BCUT2D eigenvalue weighted by molar-refractivity contribution is 6.02. The fourth-order valence-electron chi connectivity index (χ4n) is 17.8. The number of aromatic nitrogens is 2. The average Bonchev–Trinajstić information content (AvgIpc) is 1.63. The molecule has 3 aromatic carbocycles. The van der Waals surface area contributed by atoms with Crippen LogP contribution in [0.2, 0.25) is 0 Å². The number of rotatable bonds is 24. The lowest BCUT2D eigenvalue weighted by Gasteiger charge is -2.38. The molecule has 0 saturated carbocycles. The van der Waals surface area contributed by atoms with Crippen molar-refractivity contribution in [2.75, 3.05) is 46.8 Å². The Labute approximate surface area is 766 Å². The van der Waals surface area contributed by atoms with E-state index in [4.69, 9.17) is 17.2 Å². The predicted octanol–water partition coefficient (Wildman–Crippen LogP) is 0.216. The minimum atomic E-state index is -1.84. The molecule has 20 N–H and O–H groups in total. The van der Waals surface area contributed by atoms with Gasteiger partial charge in [-0.3, -0.25) is 81.5 Å². The van der Waals surface area contributed by atoms with E-state index < -0.39 is 217 Å². The number of aromatic amines is 1. The number of nitrogens with two attached hydrogens (primary N) is 3. The second kappa shape index (κ2) is 48.5. The summed E-state index contributed by atoms with van der Waals surface area (Å²) >= 11 is 0. The molecule has 0 spiro atoms. The highest BCUT2D eigenvalue weighted by Crippen LogP contribution is 2.30. The Morgan fingerprint density at radius 3 is 1.64 bits per heavy atom. The summed E-state index contributed by atoms with van der Waals surface area (Å²) in [6, 6.07) is -1.47. The molecule has 6 heterocycles. The van der Waals surface area contributed by atoms with E-state index in [1.165, 1.54) is 58.9 Å². The number of benzene rings is 3. The fourth-order valence-corrected chi connectivity index (χ4v) is 17.8. The number of carboxylic acid groups (broad SMARTS) is 2. The van der Waals surface area contributed by atoms with Gasteiger partial charge in [0.2, 0.25) is 88.6 Å². The molecule has 0 bridgehead atoms. The summed E-state index contributed by atoms with van der Waals surface area (Å²) in [6.07, 6.45) is 1.09. The maximum absolute atomic E-state index is 15.9. The number of carboxylic acids is 2. The summed E-state index contributed by atoms with van der Waals surface area (Å²) in [6.45, 7) is 8.75. The van der Waals surface area contributed by atoms with Gasteiger partial charge in [-0.25, -0.2) is 0 Å². The quantitative estimate of drug-likeness (QED) is 0.0393. The second-order valence-electron chi connectivity index (χ2n) is 35.7. The number of aliphatic hydroxyl groups is 1. The highest BCUT2D eigenvalue weighted by Gasteiger charge is 2.47. The molecule has 720 valence electrons. The van der Waals surface area contributed by atoms with Gasteiger partial charge >= 0.3 is 11.9 Å². The van der Waals surface area contributed by atoms with E-state index in [1.807, 2.05) is 13.8 Å². The van der Waals surface area contributed by atoms with Crippen molar-refractivity contribution < 1.29 is 102 Å². The minimum absolute atomic E-state index is 0.00448. The van der Waals surface area contributed by atoms with Crippen molar-refractivity contribution in [3.63, 3.8) is 0 Å². The molecule has 9 rings (SSSR count). The number of fused-ring (bicyclic) bond motifs is 5. The number of nitrogens with one attached hydrogen (secondary N) is 10. The molecule has 2 aromatic heterocycles. The number of primary amides is 1. The molecule has 15 amide bonds. The summed E-state index contributed by atoms with van der Waals surface area (Å²) < 4.78 is 1.45. The number of likely N-dealkylation sites (N-methyl/N-ethyl adjacent to an activating group) is 2. The van der Waals surface area contributed by atoms with E-state index in [9.17, 15) is 63.6 Å². The maximum Gasteiger partial charge on any atom is 0.323 e. The van der Waals surface area contributed by atoms with Crippen LogP contribution in [0.3, 0.4) is 0 Å². The first-order valence-electron chi connectivity index (χ1n) is 45.7. The summed E-state index contributed by atoms with van der Waals surface area (Å²) in [4.78, 5) is 258. The number of hydrogen-bond acceptors (Lipinski definition) is 21. The second-order valence-corrected chi connectivity index (χ2v) is 35.7. The van der Waals surface area contributed by atoms with Crippen molar-refractivity contribution in [1.82, 2.24) is 81.9 Å². The number of unbranched alkanes of at least 4 members (excludes halogenated alkanes) is 2. The zero-order chi connectivity index (χ0) is 96.5. The summed E-state index contributed by atoms with van der Waals surface area (Å²) in [5.74, 6) is -16.9. The number of H-pyrrole nitrogens is 1. The van der Waals surface area contributed by atoms with Crippen molar-refractivity contribution in [2.45, 2.75) is 280 Å². The van der Waals surface area contributed by atoms with Gasteiger partial charge in [0.15, 0.2) is 0 Å². The minimum Gasteiger partial charge on any atom is -0.508 e. The van der Waals surface area contributed by atoms with Gasteiger partial charge in [-0.15, -0.1) is 0 Å². The largest absolute Gasteiger partial charge is 0.508 e. The van der Waals surface area contributed by atoms with Gasteiger partial charge in [0.25, 0.3) is 0 Å². The number of amides is 15. The van der Waals surface area contributed by atoms with Crippen LogP contribution in [0, 0.1) is 11.8 Å². The molecule has 40 nitrogen and oxygen atoms in total. The smallest absolute Gasteiger partial charge is 0.323 e. The molecule has 4 aliphatic rings. The van der Waals surface area contributed by atoms with Crippen LogP contribution in [-0.4, -0.2) is 293 Å². The van der Waals surface area contributed by atoms with Crippen molar-refractivity contribution in [2.24, 2.45) is 29.0 Å². The summed E-state index contributed by atoms with van der Waals surface area (Å²) in [5.41, 5.74) is 20.9. The Hall–Kier alpha value is -12.6. The third-order valence-electron chi connectivity index (χ3n) is 24.8. The van der Waals surface area contributed by atoms with E-state index in [-0.39, 0.29) is 134 Å². The van der Waals surface area contributed by atoms with Gasteiger partial charge in [-0.1, -0.05) is 116 Å². The van der Waals surface area contributed by atoms with E-state index >= 15 is 38.4 Å². The monoisotopic (exact) mass is 1840 g/mol. The van der Waals surface area contributed by atoms with Gasteiger partial charge in [-0.2, -0.15) is 0 Å². The van der Waals surface area contributed by atoms with Crippen LogP contribution < -0.4 is 65.1 Å². The fraction of sp³-hybridized carbons (Fsp3) is 0.576. The van der Waals surface area contributed by atoms with Gasteiger partial charge < -0.3 is 120 Å². The number of phenolic OH excluding ortho intramolecular Hbond substituents is 1. The summed E-state index contributed by atoms with van der Waals surface area (Å²) in [5, 5.41) is 67.6. The molecule has 15 atom stereocenters. The number of piperidine rings is 1. The van der Waals surface area contributed by atoms with E-state index in [0.29, 0.717) is 77.0 Å². The number of para-hydroxylation sites is 2. The molecule has 0 radical (unpaired) electrons. The third kappa shape index (κ3) is 27.5. The number of carbonyl (C=O) groups excluding carboxylic acids is 15. The Bertz CT molecular complexity index is 4960. The third-order valence-corrected chi connectivity index (χ3v) is 24.8. The van der Waals surface area contributed by atoms with Gasteiger partial charge in [0.1, 0.15) is 96.9 Å². The predicted molar refractivity (Wildman–Crippen MR) is 484 cm³/mol. The normalized spacial score (nSPS) is 25.7. The average molecular weight is 1840 g/mol. The Morgan fingerprint density at radius 2 is 1.01 bits per heavy atom. The first-order valence-corrected chi connectivity index (χ1v) is 45.7. The molecular formula is C92H131N19O21. The maximum atomic E-state index is 15.9. The first-order chi connectivity index (χ1) is 62.8. The molecule has 4 fully saturated rings. The van der Waals surface area contributed by atoms with Crippen LogP contribution in [0.1, 0.15) is 180 Å². The van der Waals surface area contributed by atoms with Crippen molar-refractivity contribution in [3.05, 3.63) is 102 Å². The molecular weight excluding hydrogens is 1710 g/mol. The molecule has 4 saturated heterocycles. The number of nitrogens with zero attached hydrogens (tertiary/aromatic N) is 6. The van der Waals surface area contributed by atoms with E-state index in [1.54, 1.807) is 82.4 Å². The van der Waals surface area contributed by atoms with Crippen molar-refractivity contribution in [1.29, 1.82) is 0 Å². The van der Waals surface area contributed by atoms with Crippen molar-refractivity contribution >= 4 is 122 Å². The molecule has 4 aliphatic heterocycles. The van der Waals surface area contributed by atoms with Crippen molar-refractivity contribution in [3.8, 4) is 5.75 Å². The number of aliphatic hydroxyl groups excluding tert-OH is 1. The summed E-state index contributed by atoms with van der Waals surface area (Å²) in [7, 11) is 2.74. The lowest BCUT2D eigenvalue weighted by molar-refractivity contribution is -0.149. The molecule has 0 aliphatic carbocycles. The molecule has 40 heteroatoms.